The van der Waals surface area contributed by atoms with E-state index in [4.69, 9.17) is 10.8 Å². The number of carboxylic acids is 1. The SMILES string of the molecule is NCc1nc(C(=O)Nc2ccc(C(=O)O)c(F)c2)cs1. The van der Waals surface area contributed by atoms with Crippen molar-refractivity contribution >= 4 is 28.9 Å². The number of carboxylic acid groups (broad SMARTS) is 1. The Balaban J connectivity index is 2.15. The summed E-state index contributed by atoms with van der Waals surface area (Å²) in [7, 11) is 0. The zero-order chi connectivity index (χ0) is 14.7. The molecule has 1 aromatic carbocycles. The van der Waals surface area contributed by atoms with Crippen LogP contribution in [0.5, 0.6) is 0 Å². The van der Waals surface area contributed by atoms with Crippen molar-refractivity contribution in [2.75, 3.05) is 5.32 Å². The fraction of sp³-hybridized carbons (Fsp3) is 0.0833. The molecule has 2 aromatic rings. The molecular formula is C12H10FN3O3S. The van der Waals surface area contributed by atoms with Crippen LogP contribution in [0.4, 0.5) is 10.1 Å². The number of nitrogens with one attached hydrogen (secondary N) is 1. The van der Waals surface area contributed by atoms with Crippen molar-refractivity contribution in [3.05, 3.63) is 45.7 Å². The fourth-order valence-corrected chi connectivity index (χ4v) is 2.13. The third-order valence-corrected chi connectivity index (χ3v) is 3.29. The van der Waals surface area contributed by atoms with Crippen molar-refractivity contribution < 1.29 is 19.1 Å². The number of aromatic carboxylic acids is 1. The van der Waals surface area contributed by atoms with Crippen LogP contribution in [-0.4, -0.2) is 22.0 Å². The summed E-state index contributed by atoms with van der Waals surface area (Å²) in [5.41, 5.74) is 5.27. The molecule has 0 aliphatic rings. The highest BCUT2D eigenvalue weighted by Crippen LogP contribution is 2.16. The van der Waals surface area contributed by atoms with Gasteiger partial charge < -0.3 is 16.2 Å². The number of thiazole rings is 1. The molecule has 4 N–H and O–H groups in total. The average Bonchev–Trinajstić information content (AvgIpc) is 2.87. The molecule has 0 aliphatic carbocycles. The van der Waals surface area contributed by atoms with E-state index >= 15 is 0 Å². The first-order valence-corrected chi connectivity index (χ1v) is 6.38. The molecule has 0 saturated heterocycles. The minimum atomic E-state index is -1.37. The standard InChI is InChI=1S/C12H10FN3O3S/c13-8-3-6(1-2-7(8)12(18)19)15-11(17)9-5-20-10(4-14)16-9/h1-3,5H,4,14H2,(H,15,17)(H,18,19). The zero-order valence-corrected chi connectivity index (χ0v) is 10.9. The number of nitrogens with two attached hydrogens (primary N) is 1. The van der Waals surface area contributed by atoms with Crippen LogP contribution < -0.4 is 11.1 Å². The number of carbonyl (C=O) groups excluding carboxylic acids is 1. The van der Waals surface area contributed by atoms with Crippen molar-refractivity contribution in [1.82, 2.24) is 4.98 Å². The first-order valence-electron chi connectivity index (χ1n) is 5.50. The van der Waals surface area contributed by atoms with Gasteiger partial charge in [0, 0.05) is 17.6 Å². The lowest BCUT2D eigenvalue weighted by atomic mass is 10.2. The third kappa shape index (κ3) is 2.98. The molecule has 0 saturated carbocycles. The molecule has 0 atom stereocenters. The number of hydrogen-bond acceptors (Lipinski definition) is 5. The summed E-state index contributed by atoms with van der Waals surface area (Å²) in [5.74, 6) is -2.80. The molecule has 104 valence electrons. The van der Waals surface area contributed by atoms with Crippen LogP contribution in [0, 0.1) is 5.82 Å². The summed E-state index contributed by atoms with van der Waals surface area (Å²) in [5, 5.41) is 13.3. The van der Waals surface area contributed by atoms with Crippen LogP contribution in [0.15, 0.2) is 23.6 Å². The molecule has 0 fully saturated rings. The number of aromatic nitrogens is 1. The number of carbonyl (C=O) groups is 2. The maximum absolute atomic E-state index is 13.5. The van der Waals surface area contributed by atoms with Crippen molar-refractivity contribution in [1.29, 1.82) is 0 Å². The van der Waals surface area contributed by atoms with Gasteiger partial charge in [0.05, 0.1) is 5.56 Å². The van der Waals surface area contributed by atoms with Crippen LogP contribution in [0.1, 0.15) is 25.9 Å². The number of anilines is 1. The second kappa shape index (κ2) is 5.76. The quantitative estimate of drug-likeness (QED) is 0.796. The number of halogens is 1. The number of rotatable bonds is 4. The smallest absolute Gasteiger partial charge is 0.338 e. The lowest BCUT2D eigenvalue weighted by Crippen LogP contribution is -2.13. The van der Waals surface area contributed by atoms with E-state index in [1.807, 2.05) is 0 Å². The molecule has 20 heavy (non-hydrogen) atoms. The predicted molar refractivity (Wildman–Crippen MR) is 71.3 cm³/mol. The largest absolute Gasteiger partial charge is 0.478 e. The van der Waals surface area contributed by atoms with Crippen molar-refractivity contribution in [3.63, 3.8) is 0 Å². The van der Waals surface area contributed by atoms with Gasteiger partial charge in [-0.1, -0.05) is 0 Å². The number of hydrogen-bond donors (Lipinski definition) is 3. The van der Waals surface area contributed by atoms with Crippen molar-refractivity contribution in [3.8, 4) is 0 Å². The lowest BCUT2D eigenvalue weighted by molar-refractivity contribution is 0.0692. The highest BCUT2D eigenvalue weighted by Gasteiger charge is 2.14. The van der Waals surface area contributed by atoms with Gasteiger partial charge in [-0.15, -0.1) is 11.3 Å². The van der Waals surface area contributed by atoms with Gasteiger partial charge in [-0.05, 0) is 18.2 Å². The van der Waals surface area contributed by atoms with Crippen LogP contribution >= 0.6 is 11.3 Å². The van der Waals surface area contributed by atoms with Crippen molar-refractivity contribution in [2.45, 2.75) is 6.54 Å². The van der Waals surface area contributed by atoms with Gasteiger partial charge in [-0.25, -0.2) is 14.2 Å². The Morgan fingerprint density at radius 2 is 2.20 bits per heavy atom. The molecule has 1 amide bonds. The number of amides is 1. The fourth-order valence-electron chi connectivity index (χ4n) is 1.47. The van der Waals surface area contributed by atoms with E-state index in [9.17, 15) is 14.0 Å². The van der Waals surface area contributed by atoms with Gasteiger partial charge in [0.1, 0.15) is 16.5 Å². The van der Waals surface area contributed by atoms with Gasteiger partial charge in [0.25, 0.3) is 5.91 Å². The lowest BCUT2D eigenvalue weighted by Gasteiger charge is -2.04. The number of benzene rings is 1. The summed E-state index contributed by atoms with van der Waals surface area (Å²) in [6, 6.07) is 3.33. The summed E-state index contributed by atoms with van der Waals surface area (Å²) in [6.45, 7) is 0.236. The van der Waals surface area contributed by atoms with Gasteiger partial charge in [0.2, 0.25) is 0 Å². The Labute approximate surface area is 117 Å². The molecule has 2 rings (SSSR count). The Bertz CT molecular complexity index is 672. The first kappa shape index (κ1) is 14.1. The Morgan fingerprint density at radius 1 is 1.45 bits per heavy atom. The van der Waals surface area contributed by atoms with E-state index < -0.39 is 23.3 Å². The van der Waals surface area contributed by atoms with Crippen LogP contribution in [0.2, 0.25) is 0 Å². The summed E-state index contributed by atoms with van der Waals surface area (Å²) < 4.78 is 13.5. The monoisotopic (exact) mass is 295 g/mol. The van der Waals surface area contributed by atoms with Gasteiger partial charge in [-0.3, -0.25) is 4.79 Å². The molecule has 0 radical (unpaired) electrons. The maximum atomic E-state index is 13.5. The van der Waals surface area contributed by atoms with Crippen LogP contribution in [-0.2, 0) is 6.54 Å². The highest BCUT2D eigenvalue weighted by atomic mass is 32.1. The third-order valence-electron chi connectivity index (χ3n) is 2.42. The van der Waals surface area contributed by atoms with E-state index in [0.717, 1.165) is 12.1 Å². The molecule has 1 aromatic heterocycles. The average molecular weight is 295 g/mol. The normalized spacial score (nSPS) is 10.3. The second-order valence-corrected chi connectivity index (χ2v) is 4.73. The molecule has 0 unspecified atom stereocenters. The summed E-state index contributed by atoms with van der Waals surface area (Å²) in [6.07, 6.45) is 0. The first-order chi connectivity index (χ1) is 9.51. The molecule has 0 bridgehead atoms. The van der Waals surface area contributed by atoms with Gasteiger partial charge in [0.15, 0.2) is 0 Å². The predicted octanol–water partition coefficient (Wildman–Crippen LogP) is 1.69. The minimum Gasteiger partial charge on any atom is -0.478 e. The van der Waals surface area contributed by atoms with E-state index in [-0.39, 0.29) is 17.9 Å². The molecule has 0 aliphatic heterocycles. The maximum Gasteiger partial charge on any atom is 0.338 e. The second-order valence-electron chi connectivity index (χ2n) is 3.78. The van der Waals surface area contributed by atoms with Gasteiger partial charge in [-0.2, -0.15) is 0 Å². The Kier molecular flexibility index (Phi) is 4.06. The molecule has 0 spiro atoms. The topological polar surface area (TPSA) is 105 Å². The Hall–Kier alpha value is -2.32. The zero-order valence-electron chi connectivity index (χ0n) is 10.1. The molecular weight excluding hydrogens is 285 g/mol. The summed E-state index contributed by atoms with van der Waals surface area (Å²) in [4.78, 5) is 26.5. The molecule has 6 nitrogen and oxygen atoms in total. The summed E-state index contributed by atoms with van der Waals surface area (Å²) >= 11 is 1.25. The van der Waals surface area contributed by atoms with E-state index in [1.54, 1.807) is 5.38 Å². The van der Waals surface area contributed by atoms with E-state index in [1.165, 1.54) is 17.4 Å². The van der Waals surface area contributed by atoms with Crippen molar-refractivity contribution in [2.24, 2.45) is 5.73 Å². The minimum absolute atomic E-state index is 0.153. The molecule has 1 heterocycles. The van der Waals surface area contributed by atoms with E-state index in [0.29, 0.717) is 5.01 Å². The molecule has 8 heteroatoms. The number of nitrogens with zero attached hydrogens (tertiary/aromatic N) is 1. The van der Waals surface area contributed by atoms with Crippen LogP contribution in [0.3, 0.4) is 0 Å². The highest BCUT2D eigenvalue weighted by molar-refractivity contribution is 7.09. The van der Waals surface area contributed by atoms with Gasteiger partial charge >= 0.3 is 5.97 Å². The van der Waals surface area contributed by atoms with Crippen LogP contribution in [0.25, 0.3) is 0 Å². The van der Waals surface area contributed by atoms with E-state index in [2.05, 4.69) is 10.3 Å². The Morgan fingerprint density at radius 3 is 2.75 bits per heavy atom.